The van der Waals surface area contributed by atoms with Crippen LogP contribution in [0.5, 0.6) is 0 Å². The fourth-order valence-corrected chi connectivity index (χ4v) is 11.6. The zero-order valence-corrected chi connectivity index (χ0v) is 32.0. The lowest BCUT2D eigenvalue weighted by molar-refractivity contribution is -0.00518. The Hall–Kier alpha value is -6.59. The lowest BCUT2D eigenvalue weighted by Gasteiger charge is -2.57. The van der Waals surface area contributed by atoms with Crippen LogP contribution >= 0.6 is 0 Å². The molecule has 4 saturated carbocycles. The summed E-state index contributed by atoms with van der Waals surface area (Å²) in [6, 6.07) is 51.6. The van der Waals surface area contributed by atoms with E-state index in [1.54, 1.807) is 0 Å². The molecule has 4 bridgehead atoms. The van der Waals surface area contributed by atoms with Gasteiger partial charge in [0.25, 0.3) is 0 Å². The predicted octanol–water partition coefficient (Wildman–Crippen LogP) is 14.0. The highest BCUT2D eigenvalue weighted by atomic mass is 16.3. The normalized spacial score (nSPS) is 21.3. The molecule has 14 rings (SSSR count). The smallest absolute Gasteiger partial charge is 0.167 e. The van der Waals surface area contributed by atoms with Crippen molar-refractivity contribution in [2.24, 2.45) is 17.8 Å². The highest BCUT2D eigenvalue weighted by Crippen LogP contribution is 2.60. The molecule has 0 atom stereocenters. The molecular formula is C53H39N3O2. The summed E-state index contributed by atoms with van der Waals surface area (Å²) in [6.07, 6.45) is 8.38. The molecule has 0 spiro atoms. The molecule has 0 amide bonds. The van der Waals surface area contributed by atoms with Gasteiger partial charge >= 0.3 is 0 Å². The molecule has 58 heavy (non-hydrogen) atoms. The lowest BCUT2D eigenvalue weighted by Crippen LogP contribution is -2.48. The van der Waals surface area contributed by atoms with Crippen molar-refractivity contribution < 1.29 is 8.83 Å². The summed E-state index contributed by atoms with van der Waals surface area (Å²) >= 11 is 0. The number of benzene rings is 7. The molecule has 3 heterocycles. The van der Waals surface area contributed by atoms with Gasteiger partial charge in [-0.15, -0.1) is 0 Å². The van der Waals surface area contributed by atoms with Crippen molar-refractivity contribution in [2.45, 2.75) is 43.9 Å². The van der Waals surface area contributed by atoms with Gasteiger partial charge in [0.15, 0.2) is 17.5 Å². The minimum atomic E-state index is 0.338. The van der Waals surface area contributed by atoms with E-state index in [0.717, 1.165) is 100 Å². The van der Waals surface area contributed by atoms with Gasteiger partial charge in [-0.2, -0.15) is 0 Å². The van der Waals surface area contributed by atoms with Crippen molar-refractivity contribution in [3.63, 3.8) is 0 Å². The van der Waals surface area contributed by atoms with Gasteiger partial charge in [-0.25, -0.2) is 15.0 Å². The summed E-state index contributed by atoms with van der Waals surface area (Å²) in [5.41, 5.74) is 10.4. The third-order valence-corrected chi connectivity index (χ3v) is 13.9. The monoisotopic (exact) mass is 749 g/mol. The van der Waals surface area contributed by atoms with E-state index < -0.39 is 0 Å². The summed E-state index contributed by atoms with van der Waals surface area (Å²) in [6.45, 7) is 0. The van der Waals surface area contributed by atoms with Crippen LogP contribution in [0.2, 0.25) is 0 Å². The molecule has 3 aromatic heterocycles. The molecule has 278 valence electrons. The number of nitrogens with zero attached hydrogens (tertiary/aromatic N) is 3. The Balaban J connectivity index is 0.910. The molecule has 0 aliphatic heterocycles. The van der Waals surface area contributed by atoms with E-state index in [1.807, 2.05) is 24.3 Å². The highest BCUT2D eigenvalue weighted by Gasteiger charge is 2.51. The predicted molar refractivity (Wildman–Crippen MR) is 233 cm³/mol. The standard InChI is InChI=1S/C53H39N3O2/c1-3-10-46-41(6-1)43-21-18-38(27-48(43)57-46)36-12-13-37-26-39(15-14-35(37)25-36)51-54-50(34-16-19-40(20-17-34)53-28-31-22-32(29-53)24-33(23-31)30-53)55-52(56-51)45-9-5-8-44-42-7-2-4-11-47(42)58-49(44)45/h1-21,25-27,31-33H,22-24,28-30H2. The van der Waals surface area contributed by atoms with Gasteiger partial charge in [0.05, 0.1) is 5.56 Å². The van der Waals surface area contributed by atoms with Crippen molar-refractivity contribution in [1.29, 1.82) is 0 Å². The zero-order chi connectivity index (χ0) is 38.0. The third-order valence-electron chi connectivity index (χ3n) is 13.9. The van der Waals surface area contributed by atoms with E-state index >= 15 is 0 Å². The van der Waals surface area contributed by atoms with Gasteiger partial charge in [-0.05, 0) is 132 Å². The number of hydrogen-bond donors (Lipinski definition) is 0. The molecule has 4 aliphatic rings. The summed E-state index contributed by atoms with van der Waals surface area (Å²) in [4.78, 5) is 15.6. The maximum Gasteiger partial charge on any atom is 0.167 e. The van der Waals surface area contributed by atoms with Gasteiger partial charge in [-0.3, -0.25) is 0 Å². The van der Waals surface area contributed by atoms with E-state index in [-0.39, 0.29) is 0 Å². The van der Waals surface area contributed by atoms with Crippen molar-refractivity contribution in [3.8, 4) is 45.3 Å². The van der Waals surface area contributed by atoms with Gasteiger partial charge in [-0.1, -0.05) is 103 Å². The van der Waals surface area contributed by atoms with Crippen molar-refractivity contribution >= 4 is 54.6 Å². The van der Waals surface area contributed by atoms with E-state index in [9.17, 15) is 0 Å². The Morgan fingerprint density at radius 2 is 0.948 bits per heavy atom. The van der Waals surface area contributed by atoms with Crippen LogP contribution in [-0.2, 0) is 5.41 Å². The molecule has 0 N–H and O–H groups in total. The third kappa shape index (κ3) is 5.05. The van der Waals surface area contributed by atoms with Crippen molar-refractivity contribution in [1.82, 2.24) is 15.0 Å². The van der Waals surface area contributed by atoms with Crippen LogP contribution in [-0.4, -0.2) is 15.0 Å². The summed E-state index contributed by atoms with van der Waals surface area (Å²) < 4.78 is 12.7. The number of furan rings is 2. The SMILES string of the molecule is c1ccc2c(c1)oc1cc(-c3ccc4cc(-c5nc(-c6ccc(C78CC9CC(CC(C9)C7)C8)cc6)nc(-c6cccc7c6oc6ccccc67)n5)ccc4c3)ccc12. The van der Waals surface area contributed by atoms with Crippen LogP contribution in [0.1, 0.15) is 44.1 Å². The van der Waals surface area contributed by atoms with E-state index in [4.69, 9.17) is 23.8 Å². The molecular weight excluding hydrogens is 711 g/mol. The fourth-order valence-electron chi connectivity index (χ4n) is 11.6. The number of para-hydroxylation sites is 3. The minimum absolute atomic E-state index is 0.338. The Morgan fingerprint density at radius 1 is 0.414 bits per heavy atom. The van der Waals surface area contributed by atoms with E-state index in [0.29, 0.717) is 22.9 Å². The molecule has 7 aromatic carbocycles. The van der Waals surface area contributed by atoms with Gasteiger partial charge in [0.1, 0.15) is 22.3 Å². The maximum atomic E-state index is 6.50. The largest absolute Gasteiger partial charge is 0.456 e. The first kappa shape index (κ1) is 32.5. The average Bonchev–Trinajstić information content (AvgIpc) is 3.84. The number of rotatable bonds is 5. The topological polar surface area (TPSA) is 65.0 Å². The van der Waals surface area contributed by atoms with Crippen LogP contribution < -0.4 is 0 Å². The molecule has 4 aliphatic carbocycles. The van der Waals surface area contributed by atoms with Crippen molar-refractivity contribution in [2.75, 3.05) is 0 Å². The summed E-state index contributed by atoms with van der Waals surface area (Å²) in [5.74, 6) is 4.62. The first-order valence-electron chi connectivity index (χ1n) is 20.8. The second kappa shape index (κ2) is 12.2. The minimum Gasteiger partial charge on any atom is -0.456 e. The Morgan fingerprint density at radius 3 is 1.69 bits per heavy atom. The number of aromatic nitrogens is 3. The Kier molecular flexibility index (Phi) is 6.84. The molecule has 0 unspecified atom stereocenters. The molecule has 0 saturated heterocycles. The molecule has 4 fully saturated rings. The van der Waals surface area contributed by atoms with Crippen LogP contribution in [0.3, 0.4) is 0 Å². The van der Waals surface area contributed by atoms with Crippen LogP contribution in [0.25, 0.3) is 99.9 Å². The zero-order valence-electron chi connectivity index (χ0n) is 32.0. The Bertz CT molecular complexity index is 3250. The van der Waals surface area contributed by atoms with Crippen LogP contribution in [0.4, 0.5) is 0 Å². The highest BCUT2D eigenvalue weighted by molar-refractivity contribution is 6.09. The second-order valence-electron chi connectivity index (χ2n) is 17.4. The first-order chi connectivity index (χ1) is 28.6. The van der Waals surface area contributed by atoms with Crippen LogP contribution in [0.15, 0.2) is 154 Å². The number of fused-ring (bicyclic) bond motifs is 7. The molecule has 10 aromatic rings. The summed E-state index contributed by atoms with van der Waals surface area (Å²) in [5, 5.41) is 6.68. The lowest BCUT2D eigenvalue weighted by atomic mass is 9.48. The van der Waals surface area contributed by atoms with Crippen molar-refractivity contribution in [3.05, 3.63) is 151 Å². The maximum absolute atomic E-state index is 6.50. The molecule has 5 nitrogen and oxygen atoms in total. The van der Waals surface area contributed by atoms with Gasteiger partial charge < -0.3 is 8.83 Å². The van der Waals surface area contributed by atoms with Crippen LogP contribution in [0, 0.1) is 17.8 Å². The Labute approximate surface area is 335 Å². The van der Waals surface area contributed by atoms with Gasteiger partial charge in [0, 0.05) is 32.7 Å². The fraction of sp³-hybridized carbons (Fsp3) is 0.189. The molecule has 0 radical (unpaired) electrons. The second-order valence-corrected chi connectivity index (χ2v) is 17.4. The van der Waals surface area contributed by atoms with E-state index in [1.165, 1.54) is 44.1 Å². The average molecular weight is 750 g/mol. The van der Waals surface area contributed by atoms with E-state index in [2.05, 4.69) is 121 Å². The number of hydrogen-bond acceptors (Lipinski definition) is 5. The molecule has 5 heteroatoms. The first-order valence-corrected chi connectivity index (χ1v) is 20.8. The summed E-state index contributed by atoms with van der Waals surface area (Å²) in [7, 11) is 0. The quantitative estimate of drug-likeness (QED) is 0.175. The van der Waals surface area contributed by atoms with Gasteiger partial charge in [0.2, 0.25) is 0 Å².